The van der Waals surface area contributed by atoms with E-state index in [1.54, 1.807) is 37.3 Å². The number of nitrogens with one attached hydrogen (secondary N) is 1. The van der Waals surface area contributed by atoms with Crippen LogP contribution >= 0.6 is 0 Å². The van der Waals surface area contributed by atoms with E-state index in [4.69, 9.17) is 0 Å². The van der Waals surface area contributed by atoms with Crippen LogP contribution in [0.15, 0.2) is 71.6 Å². The topological polar surface area (TPSA) is 86.8 Å². The van der Waals surface area contributed by atoms with Crippen molar-refractivity contribution in [1.29, 1.82) is 0 Å². The molecule has 7 nitrogen and oxygen atoms in total. The lowest BCUT2D eigenvalue weighted by Gasteiger charge is -2.32. The fourth-order valence-electron chi connectivity index (χ4n) is 4.32. The van der Waals surface area contributed by atoms with Crippen LogP contribution in [0.3, 0.4) is 0 Å². The number of benzene rings is 3. The fourth-order valence-corrected chi connectivity index (χ4v) is 5.80. The predicted molar refractivity (Wildman–Crippen MR) is 156 cm³/mol. The van der Waals surface area contributed by atoms with E-state index >= 15 is 0 Å². The van der Waals surface area contributed by atoms with Crippen LogP contribution < -0.4 is 9.62 Å². The molecule has 0 fully saturated rings. The maximum Gasteiger partial charge on any atom is 0.264 e. The number of nitrogens with zero attached hydrogens (tertiary/aromatic N) is 2. The average Bonchev–Trinajstić information content (AvgIpc) is 2.90. The summed E-state index contributed by atoms with van der Waals surface area (Å²) >= 11 is 0. The van der Waals surface area contributed by atoms with E-state index < -0.39 is 28.5 Å². The summed E-state index contributed by atoms with van der Waals surface area (Å²) in [5, 5.41) is 2.86. The highest BCUT2D eigenvalue weighted by Crippen LogP contribution is 2.28. The Morgan fingerprint density at radius 2 is 1.51 bits per heavy atom. The Labute approximate surface area is 232 Å². The van der Waals surface area contributed by atoms with Gasteiger partial charge in [-0.05, 0) is 75.9 Å². The van der Waals surface area contributed by atoms with Gasteiger partial charge < -0.3 is 10.2 Å². The van der Waals surface area contributed by atoms with E-state index in [1.807, 2.05) is 71.0 Å². The lowest BCUT2D eigenvalue weighted by molar-refractivity contribution is -0.139. The van der Waals surface area contributed by atoms with Crippen molar-refractivity contribution in [1.82, 2.24) is 10.2 Å². The molecule has 208 valence electrons. The van der Waals surface area contributed by atoms with Crippen molar-refractivity contribution in [2.24, 2.45) is 0 Å². The van der Waals surface area contributed by atoms with E-state index in [0.29, 0.717) is 12.2 Å². The van der Waals surface area contributed by atoms with Gasteiger partial charge in [0.15, 0.2) is 0 Å². The van der Waals surface area contributed by atoms with Gasteiger partial charge in [-0.3, -0.25) is 13.9 Å². The van der Waals surface area contributed by atoms with Crippen molar-refractivity contribution in [3.63, 3.8) is 0 Å². The van der Waals surface area contributed by atoms with Crippen LogP contribution in [0.25, 0.3) is 0 Å². The van der Waals surface area contributed by atoms with Crippen LogP contribution in [0.5, 0.6) is 0 Å². The van der Waals surface area contributed by atoms with Gasteiger partial charge >= 0.3 is 0 Å². The summed E-state index contributed by atoms with van der Waals surface area (Å²) in [5.74, 6) is -0.746. The smallest absolute Gasteiger partial charge is 0.264 e. The van der Waals surface area contributed by atoms with Gasteiger partial charge in [0.1, 0.15) is 12.6 Å². The van der Waals surface area contributed by atoms with Crippen molar-refractivity contribution in [2.45, 2.75) is 65.4 Å². The number of anilines is 1. The van der Waals surface area contributed by atoms with E-state index in [9.17, 15) is 18.0 Å². The molecule has 0 aliphatic carbocycles. The fraction of sp³-hybridized carbons (Fsp3) is 0.355. The molecule has 0 bridgehead atoms. The third-order valence-electron chi connectivity index (χ3n) is 6.67. The standard InChI is InChI=1S/C31H39N3O4S/c1-7-17-32-31(36)26(6)33(20-27-10-8-9-23(3)18-27)30(35)21-34(29-19-24(4)11-14-25(29)5)39(37,38)28-15-12-22(2)13-16-28/h8-16,18-19,26H,7,17,20-21H2,1-6H3,(H,32,36)/t26-/m0/s1. The number of rotatable bonds is 11. The molecule has 0 saturated heterocycles. The summed E-state index contributed by atoms with van der Waals surface area (Å²) in [6, 6.07) is 19.0. The third kappa shape index (κ3) is 7.47. The zero-order valence-electron chi connectivity index (χ0n) is 23.7. The quantitative estimate of drug-likeness (QED) is 0.362. The van der Waals surface area contributed by atoms with Crippen LogP contribution in [-0.4, -0.2) is 44.3 Å². The molecular weight excluding hydrogens is 510 g/mol. The van der Waals surface area contributed by atoms with Crippen LogP contribution in [-0.2, 0) is 26.2 Å². The second-order valence-electron chi connectivity index (χ2n) is 10.1. The Balaban J connectivity index is 2.06. The number of carbonyl (C=O) groups excluding carboxylic acids is 2. The first-order valence-electron chi connectivity index (χ1n) is 13.2. The SMILES string of the molecule is CCCNC(=O)[C@H](C)N(Cc1cccc(C)c1)C(=O)CN(c1cc(C)ccc1C)S(=O)(=O)c1ccc(C)cc1. The van der Waals surface area contributed by atoms with Crippen molar-refractivity contribution < 1.29 is 18.0 Å². The Bertz CT molecular complexity index is 1420. The normalized spacial score (nSPS) is 12.1. The summed E-state index contributed by atoms with van der Waals surface area (Å²) < 4.78 is 29.1. The molecule has 3 rings (SSSR count). The third-order valence-corrected chi connectivity index (χ3v) is 8.45. The Morgan fingerprint density at radius 3 is 2.15 bits per heavy atom. The zero-order valence-corrected chi connectivity index (χ0v) is 24.5. The molecular formula is C31H39N3O4S. The molecule has 3 aromatic carbocycles. The highest BCUT2D eigenvalue weighted by molar-refractivity contribution is 7.92. The maximum absolute atomic E-state index is 14.0. The van der Waals surface area contributed by atoms with Gasteiger partial charge in [0, 0.05) is 13.1 Å². The van der Waals surface area contributed by atoms with Gasteiger partial charge in [-0.1, -0.05) is 66.6 Å². The van der Waals surface area contributed by atoms with Crippen LogP contribution in [0.2, 0.25) is 0 Å². The largest absolute Gasteiger partial charge is 0.354 e. The van der Waals surface area contributed by atoms with E-state index in [0.717, 1.165) is 34.2 Å². The molecule has 0 radical (unpaired) electrons. The number of hydrogen-bond donors (Lipinski definition) is 1. The molecule has 0 aliphatic rings. The van der Waals surface area contributed by atoms with Gasteiger partial charge in [-0.15, -0.1) is 0 Å². The minimum atomic E-state index is -4.09. The highest BCUT2D eigenvalue weighted by atomic mass is 32.2. The summed E-state index contributed by atoms with van der Waals surface area (Å²) in [4.78, 5) is 28.5. The molecule has 1 atom stereocenters. The minimum Gasteiger partial charge on any atom is -0.354 e. The minimum absolute atomic E-state index is 0.0979. The molecule has 0 aromatic heterocycles. The summed E-state index contributed by atoms with van der Waals surface area (Å²) in [7, 11) is -4.09. The maximum atomic E-state index is 14.0. The summed E-state index contributed by atoms with van der Waals surface area (Å²) in [6.45, 7) is 11.4. The number of sulfonamides is 1. The van der Waals surface area contributed by atoms with E-state index in [2.05, 4.69) is 5.32 Å². The molecule has 8 heteroatoms. The molecule has 0 aliphatic heterocycles. The van der Waals surface area contributed by atoms with Crippen LogP contribution in [0, 0.1) is 27.7 Å². The predicted octanol–water partition coefficient (Wildman–Crippen LogP) is 5.06. The van der Waals surface area contributed by atoms with Gasteiger partial charge in [0.05, 0.1) is 10.6 Å². The molecule has 39 heavy (non-hydrogen) atoms. The molecule has 1 N–H and O–H groups in total. The number of amides is 2. The van der Waals surface area contributed by atoms with Crippen molar-refractivity contribution in [2.75, 3.05) is 17.4 Å². The first-order chi connectivity index (χ1) is 18.4. The lowest BCUT2D eigenvalue weighted by atomic mass is 10.1. The number of hydrogen-bond acceptors (Lipinski definition) is 4. The van der Waals surface area contributed by atoms with Crippen molar-refractivity contribution >= 4 is 27.5 Å². The monoisotopic (exact) mass is 549 g/mol. The molecule has 0 spiro atoms. The molecule has 0 heterocycles. The van der Waals surface area contributed by atoms with Gasteiger partial charge in [0.2, 0.25) is 11.8 Å². The lowest BCUT2D eigenvalue weighted by Crippen LogP contribution is -2.51. The van der Waals surface area contributed by atoms with E-state index in [1.165, 1.54) is 9.21 Å². The molecule has 0 unspecified atom stereocenters. The van der Waals surface area contributed by atoms with E-state index in [-0.39, 0.29) is 17.3 Å². The Kier molecular flexibility index (Phi) is 9.92. The first-order valence-corrected chi connectivity index (χ1v) is 14.7. The average molecular weight is 550 g/mol. The van der Waals surface area contributed by atoms with Crippen LogP contribution in [0.1, 0.15) is 48.1 Å². The number of aryl methyl sites for hydroxylation is 4. The summed E-state index contributed by atoms with van der Waals surface area (Å²) in [6.07, 6.45) is 0.763. The van der Waals surface area contributed by atoms with Crippen molar-refractivity contribution in [3.05, 3.63) is 94.5 Å². The van der Waals surface area contributed by atoms with Gasteiger partial charge in [-0.2, -0.15) is 0 Å². The second-order valence-corrected chi connectivity index (χ2v) is 12.0. The molecule has 2 amide bonds. The highest BCUT2D eigenvalue weighted by Gasteiger charge is 2.33. The van der Waals surface area contributed by atoms with Gasteiger partial charge in [-0.25, -0.2) is 8.42 Å². The number of carbonyl (C=O) groups is 2. The first kappa shape index (κ1) is 29.9. The molecule has 0 saturated carbocycles. The second kappa shape index (κ2) is 12.9. The zero-order chi connectivity index (χ0) is 28.7. The molecule has 3 aromatic rings. The van der Waals surface area contributed by atoms with Crippen molar-refractivity contribution in [3.8, 4) is 0 Å². The summed E-state index contributed by atoms with van der Waals surface area (Å²) in [5.41, 5.74) is 4.85. The Morgan fingerprint density at radius 1 is 0.872 bits per heavy atom. The Hall–Kier alpha value is -3.65. The van der Waals surface area contributed by atoms with Crippen LogP contribution in [0.4, 0.5) is 5.69 Å². The van der Waals surface area contributed by atoms with Gasteiger partial charge in [0.25, 0.3) is 10.0 Å².